The van der Waals surface area contributed by atoms with Crippen LogP contribution in [0.4, 0.5) is 10.7 Å². The number of nitrogens with one attached hydrogen (secondary N) is 1. The first kappa shape index (κ1) is 18.2. The van der Waals surface area contributed by atoms with Crippen molar-refractivity contribution in [1.82, 2.24) is 0 Å². The van der Waals surface area contributed by atoms with Crippen molar-refractivity contribution >= 4 is 40.2 Å². The van der Waals surface area contributed by atoms with Crippen LogP contribution in [0.1, 0.15) is 40.4 Å². The Bertz CT molecular complexity index is 1010. The lowest BCUT2D eigenvalue weighted by Gasteiger charge is -2.23. The molecule has 0 bridgehead atoms. The van der Waals surface area contributed by atoms with Crippen LogP contribution in [0.25, 0.3) is 0 Å². The number of amides is 1. The summed E-state index contributed by atoms with van der Waals surface area (Å²) in [6, 6.07) is 7.67. The van der Waals surface area contributed by atoms with Crippen LogP contribution in [0.15, 0.2) is 24.3 Å². The SMILES string of the molecule is CC1CCc2c(C#N)c(NC(=O)c3cccc([N+](=O)[O-])c3)sc(=S)c2C1. The van der Waals surface area contributed by atoms with Crippen LogP contribution in [0.5, 0.6) is 0 Å². The summed E-state index contributed by atoms with van der Waals surface area (Å²) in [5.74, 6) is 0.0215. The molecule has 26 heavy (non-hydrogen) atoms. The number of carbonyl (C=O) groups excluding carboxylic acids is 1. The second kappa shape index (κ2) is 7.32. The third kappa shape index (κ3) is 3.49. The summed E-state index contributed by atoms with van der Waals surface area (Å²) in [5.41, 5.74) is 2.40. The highest BCUT2D eigenvalue weighted by Gasteiger charge is 2.23. The van der Waals surface area contributed by atoms with Crippen molar-refractivity contribution in [3.8, 4) is 6.07 Å². The molecule has 1 N–H and O–H groups in total. The predicted molar refractivity (Wildman–Crippen MR) is 102 cm³/mol. The van der Waals surface area contributed by atoms with Crippen molar-refractivity contribution < 1.29 is 9.72 Å². The molecule has 1 atom stereocenters. The molecule has 1 aromatic heterocycles. The molecule has 8 heteroatoms. The summed E-state index contributed by atoms with van der Waals surface area (Å²) < 4.78 is 0.680. The van der Waals surface area contributed by atoms with E-state index in [1.165, 1.54) is 35.6 Å². The van der Waals surface area contributed by atoms with Crippen molar-refractivity contribution in [2.75, 3.05) is 5.32 Å². The first-order chi connectivity index (χ1) is 12.4. The third-order valence-corrected chi connectivity index (χ3v) is 5.87. The average Bonchev–Trinajstić information content (AvgIpc) is 2.62. The van der Waals surface area contributed by atoms with Gasteiger partial charge in [-0.2, -0.15) is 5.26 Å². The van der Waals surface area contributed by atoms with Crippen molar-refractivity contribution in [2.45, 2.75) is 26.2 Å². The maximum Gasteiger partial charge on any atom is 0.270 e. The number of nitrogens with zero attached hydrogens (tertiary/aromatic N) is 2. The predicted octanol–water partition coefficient (Wildman–Crippen LogP) is 4.63. The molecule has 1 aliphatic rings. The Balaban J connectivity index is 1.98. The highest BCUT2D eigenvalue weighted by molar-refractivity contribution is 7.73. The lowest BCUT2D eigenvalue weighted by molar-refractivity contribution is -0.384. The van der Waals surface area contributed by atoms with Gasteiger partial charge in [0, 0.05) is 17.7 Å². The quantitative estimate of drug-likeness (QED) is 0.472. The van der Waals surface area contributed by atoms with Gasteiger partial charge in [0.2, 0.25) is 0 Å². The van der Waals surface area contributed by atoms with E-state index in [0.29, 0.717) is 20.3 Å². The Morgan fingerprint density at radius 2 is 2.23 bits per heavy atom. The number of carbonyl (C=O) groups is 1. The van der Waals surface area contributed by atoms with Gasteiger partial charge in [-0.25, -0.2) is 0 Å². The first-order valence-electron chi connectivity index (χ1n) is 8.05. The van der Waals surface area contributed by atoms with Crippen LogP contribution in [0.3, 0.4) is 0 Å². The van der Waals surface area contributed by atoms with Gasteiger partial charge in [0.25, 0.3) is 11.6 Å². The fourth-order valence-corrected chi connectivity index (χ4v) is 4.47. The zero-order valence-corrected chi connectivity index (χ0v) is 15.6. The van der Waals surface area contributed by atoms with Gasteiger partial charge in [-0.05, 0) is 42.4 Å². The van der Waals surface area contributed by atoms with Gasteiger partial charge in [-0.3, -0.25) is 14.9 Å². The Hall–Kier alpha value is -2.63. The van der Waals surface area contributed by atoms with Gasteiger partial charge in [0.05, 0.1) is 14.3 Å². The monoisotopic (exact) mass is 385 g/mol. The molecule has 0 saturated heterocycles. The van der Waals surface area contributed by atoms with Crippen LogP contribution < -0.4 is 5.32 Å². The summed E-state index contributed by atoms with van der Waals surface area (Å²) in [6.07, 6.45) is 2.58. The Kier molecular flexibility index (Phi) is 5.11. The number of nitro groups is 1. The average molecular weight is 385 g/mol. The summed E-state index contributed by atoms with van der Waals surface area (Å²) in [7, 11) is 0. The zero-order valence-electron chi connectivity index (χ0n) is 13.9. The molecular weight excluding hydrogens is 370 g/mol. The van der Waals surface area contributed by atoms with E-state index in [2.05, 4.69) is 18.3 Å². The zero-order chi connectivity index (χ0) is 18.8. The van der Waals surface area contributed by atoms with Crippen molar-refractivity contribution in [2.24, 2.45) is 5.92 Å². The molecule has 3 rings (SSSR count). The van der Waals surface area contributed by atoms with Crippen LogP contribution in [0, 0.1) is 31.2 Å². The molecule has 0 fully saturated rings. The number of non-ortho nitro benzene ring substituents is 1. The number of nitro benzene ring substituents is 1. The number of nitriles is 1. The normalized spacial score (nSPS) is 15.6. The Labute approximate surface area is 159 Å². The molecule has 1 heterocycles. The number of rotatable bonds is 3. The molecule has 1 aromatic carbocycles. The van der Waals surface area contributed by atoms with Gasteiger partial charge in [-0.1, -0.05) is 25.2 Å². The highest BCUT2D eigenvalue weighted by atomic mass is 32.1. The number of fused-ring (bicyclic) bond motifs is 1. The molecule has 1 unspecified atom stereocenters. The minimum Gasteiger partial charge on any atom is -0.312 e. The standard InChI is InChI=1S/C18H15N3O3S2/c1-10-5-6-13-14(7-10)18(25)26-17(15(13)9-19)20-16(22)11-3-2-4-12(8-11)21(23)24/h2-4,8,10H,5-7H2,1H3,(H,20,22). The molecule has 1 amide bonds. The second-order valence-electron chi connectivity index (χ2n) is 6.27. The van der Waals surface area contributed by atoms with Gasteiger partial charge >= 0.3 is 0 Å². The molecule has 6 nitrogen and oxygen atoms in total. The van der Waals surface area contributed by atoms with E-state index in [1.807, 2.05) is 0 Å². The molecule has 0 spiro atoms. The third-order valence-electron chi connectivity index (χ3n) is 4.43. The van der Waals surface area contributed by atoms with E-state index in [1.54, 1.807) is 0 Å². The minimum absolute atomic E-state index is 0.160. The molecule has 132 valence electrons. The molecule has 2 aromatic rings. The van der Waals surface area contributed by atoms with Gasteiger partial charge in [-0.15, -0.1) is 11.3 Å². The number of anilines is 1. The van der Waals surface area contributed by atoms with Gasteiger partial charge in [0.15, 0.2) is 0 Å². The van der Waals surface area contributed by atoms with Gasteiger partial charge in [0.1, 0.15) is 11.1 Å². The molecule has 1 aliphatic carbocycles. The molecular formula is C18H15N3O3S2. The number of hydrogen-bond donors (Lipinski definition) is 1. The van der Waals surface area contributed by atoms with E-state index < -0.39 is 10.8 Å². The molecule has 0 aliphatic heterocycles. The number of hydrogen-bond acceptors (Lipinski definition) is 6. The lowest BCUT2D eigenvalue weighted by atomic mass is 9.85. The van der Waals surface area contributed by atoms with E-state index in [0.717, 1.165) is 30.4 Å². The first-order valence-corrected chi connectivity index (χ1v) is 9.28. The smallest absolute Gasteiger partial charge is 0.270 e. The van der Waals surface area contributed by atoms with Crippen molar-refractivity contribution in [3.63, 3.8) is 0 Å². The fourth-order valence-electron chi connectivity index (χ4n) is 3.08. The van der Waals surface area contributed by atoms with E-state index in [4.69, 9.17) is 12.2 Å². The maximum atomic E-state index is 12.5. The van der Waals surface area contributed by atoms with Crippen LogP contribution >= 0.6 is 23.6 Å². The van der Waals surface area contributed by atoms with Gasteiger partial charge < -0.3 is 5.32 Å². The van der Waals surface area contributed by atoms with Crippen molar-refractivity contribution in [3.05, 3.63) is 60.5 Å². The minimum atomic E-state index is -0.554. The Morgan fingerprint density at radius 3 is 2.92 bits per heavy atom. The van der Waals surface area contributed by atoms with Crippen LogP contribution in [-0.4, -0.2) is 10.8 Å². The fraction of sp³-hybridized carbons (Fsp3) is 0.278. The topological polar surface area (TPSA) is 96.0 Å². The largest absolute Gasteiger partial charge is 0.312 e. The summed E-state index contributed by atoms with van der Waals surface area (Å²) >= 11 is 6.69. The maximum absolute atomic E-state index is 12.5. The second-order valence-corrected chi connectivity index (χ2v) is 7.96. The molecule has 0 saturated carbocycles. The van der Waals surface area contributed by atoms with E-state index in [-0.39, 0.29) is 11.3 Å². The summed E-state index contributed by atoms with van der Waals surface area (Å²) in [6.45, 7) is 2.16. The van der Waals surface area contributed by atoms with E-state index in [9.17, 15) is 20.2 Å². The molecule has 0 radical (unpaired) electrons. The highest BCUT2D eigenvalue weighted by Crippen LogP contribution is 2.36. The number of benzene rings is 1. The Morgan fingerprint density at radius 1 is 1.46 bits per heavy atom. The summed E-state index contributed by atoms with van der Waals surface area (Å²) in [4.78, 5) is 22.8. The lowest BCUT2D eigenvalue weighted by Crippen LogP contribution is -2.17. The summed E-state index contributed by atoms with van der Waals surface area (Å²) in [5, 5.41) is 23.6. The van der Waals surface area contributed by atoms with Crippen LogP contribution in [0.2, 0.25) is 0 Å². The van der Waals surface area contributed by atoms with Crippen molar-refractivity contribution in [1.29, 1.82) is 5.26 Å². The van der Waals surface area contributed by atoms with Crippen LogP contribution in [-0.2, 0) is 12.8 Å². The van der Waals surface area contributed by atoms with E-state index >= 15 is 0 Å².